The molecule has 1 aromatic carbocycles. The van der Waals surface area contributed by atoms with Crippen LogP contribution in [-0.2, 0) is 0 Å². The van der Waals surface area contributed by atoms with Crippen LogP contribution in [0.5, 0.6) is 0 Å². The van der Waals surface area contributed by atoms with E-state index in [0.29, 0.717) is 17.3 Å². The Bertz CT molecular complexity index is 581. The molecule has 86 valence electrons. The molecule has 6 heteroatoms. The molecule has 0 bridgehead atoms. The highest BCUT2D eigenvalue weighted by Crippen LogP contribution is 2.34. The van der Waals surface area contributed by atoms with Gasteiger partial charge in [0.25, 0.3) is 0 Å². The van der Waals surface area contributed by atoms with Crippen LogP contribution in [0.1, 0.15) is 20.7 Å². The first-order valence-electron chi connectivity index (χ1n) is 4.62. The average molecular weight is 267 g/mol. The van der Waals surface area contributed by atoms with Gasteiger partial charge in [-0.05, 0) is 11.8 Å². The molecule has 0 unspecified atom stereocenters. The monoisotopic (exact) mass is 266 g/mol. The van der Waals surface area contributed by atoms with Gasteiger partial charge in [-0.15, -0.1) is 0 Å². The third-order valence-electron chi connectivity index (χ3n) is 2.23. The third-order valence-corrected chi connectivity index (χ3v) is 3.52. The number of nitrogens with one attached hydrogen (secondary N) is 1. The number of ketones is 2. The molecule has 3 N–H and O–H groups in total. The number of hydrogen-bond acceptors (Lipinski definition) is 4. The summed E-state index contributed by atoms with van der Waals surface area (Å²) in [6, 6.07) is 6.43. The molecule has 2 rings (SSSR count). The van der Waals surface area contributed by atoms with Crippen molar-refractivity contribution in [3.63, 3.8) is 0 Å². The lowest BCUT2D eigenvalue weighted by atomic mass is 9.95. The van der Waals surface area contributed by atoms with Gasteiger partial charge in [-0.25, -0.2) is 0 Å². The van der Waals surface area contributed by atoms with E-state index >= 15 is 0 Å². The summed E-state index contributed by atoms with van der Waals surface area (Å²) in [5.74, 6) is -0.781. The second kappa shape index (κ2) is 4.35. The van der Waals surface area contributed by atoms with Crippen LogP contribution in [0.25, 0.3) is 0 Å². The Labute approximate surface area is 106 Å². The van der Waals surface area contributed by atoms with Crippen LogP contribution in [0.15, 0.2) is 34.2 Å². The number of rotatable bonds is 1. The zero-order valence-electron chi connectivity index (χ0n) is 8.49. The van der Waals surface area contributed by atoms with E-state index in [2.05, 4.69) is 0 Å². The fourth-order valence-corrected chi connectivity index (χ4v) is 2.43. The molecule has 0 aromatic heterocycles. The fourth-order valence-electron chi connectivity index (χ4n) is 1.52. The van der Waals surface area contributed by atoms with E-state index < -0.39 is 5.78 Å². The molecule has 4 nitrogen and oxygen atoms in total. The number of hydrogen-bond donors (Lipinski definition) is 2. The molecule has 0 spiro atoms. The highest BCUT2D eigenvalue weighted by Gasteiger charge is 2.31. The predicted octanol–water partition coefficient (Wildman–Crippen LogP) is 2.14. The Morgan fingerprint density at radius 1 is 1.18 bits per heavy atom. The minimum Gasteiger partial charge on any atom is -0.378 e. The van der Waals surface area contributed by atoms with E-state index in [1.165, 1.54) is 0 Å². The van der Waals surface area contributed by atoms with E-state index in [1.807, 2.05) is 0 Å². The minimum absolute atomic E-state index is 0.0165. The quantitative estimate of drug-likeness (QED) is 0.602. The van der Waals surface area contributed by atoms with Crippen molar-refractivity contribution in [3.8, 4) is 0 Å². The van der Waals surface area contributed by atoms with Gasteiger partial charge in [0.05, 0.1) is 4.91 Å². The number of thioether (sulfide) groups is 1. The van der Waals surface area contributed by atoms with E-state index in [0.717, 1.165) is 0 Å². The lowest BCUT2D eigenvalue weighted by molar-refractivity contribution is 0.0987. The van der Waals surface area contributed by atoms with E-state index in [4.69, 9.17) is 22.7 Å². The number of benzene rings is 1. The first-order chi connectivity index (χ1) is 8.02. The molecule has 0 saturated carbocycles. The number of halogens is 1. The van der Waals surface area contributed by atoms with Crippen LogP contribution in [-0.4, -0.2) is 16.7 Å². The fraction of sp³-hybridized carbons (Fsp3) is 0. The van der Waals surface area contributed by atoms with Crippen LogP contribution in [0.2, 0.25) is 0 Å². The van der Waals surface area contributed by atoms with Crippen molar-refractivity contribution in [2.75, 3.05) is 0 Å². The van der Waals surface area contributed by atoms with Crippen molar-refractivity contribution in [1.29, 1.82) is 5.41 Å². The minimum atomic E-state index is -0.411. The van der Waals surface area contributed by atoms with Crippen molar-refractivity contribution in [3.05, 3.63) is 45.3 Å². The topological polar surface area (TPSA) is 84.0 Å². The molecule has 0 aliphatic heterocycles. The number of allylic oxidation sites excluding steroid dienone is 2. The van der Waals surface area contributed by atoms with E-state index in [-0.39, 0.29) is 26.5 Å². The Balaban J connectivity index is 2.58. The Hall–Kier alpha value is -1.59. The number of carbonyl (C=O) groups is 2. The summed E-state index contributed by atoms with van der Waals surface area (Å²) in [6.07, 6.45) is 0. The Kier molecular flexibility index (Phi) is 3.04. The highest BCUT2D eigenvalue weighted by atomic mass is 35.5. The van der Waals surface area contributed by atoms with Crippen molar-refractivity contribution < 1.29 is 9.59 Å². The number of fused-ring (bicyclic) bond motifs is 1. The normalized spacial score (nSPS) is 14.9. The molecule has 1 aliphatic rings. The summed E-state index contributed by atoms with van der Waals surface area (Å²) in [7, 11) is 0. The van der Waals surface area contributed by atoms with Gasteiger partial charge >= 0.3 is 0 Å². The van der Waals surface area contributed by atoms with Gasteiger partial charge in [0.2, 0.25) is 11.6 Å². The molecular weight excluding hydrogens is 260 g/mol. The maximum Gasteiger partial charge on any atom is 0.206 e. The summed E-state index contributed by atoms with van der Waals surface area (Å²) in [4.78, 5) is 23.9. The maximum absolute atomic E-state index is 12.0. The standard InChI is InChI=1S/C11H7ClN2O2S/c12-7-8(15)5-3-1-2-4-6(5)9(16)10(7)17-11(13)14/h1-4H,(H3,13,14). The molecule has 0 saturated heterocycles. The van der Waals surface area contributed by atoms with Crippen LogP contribution < -0.4 is 5.73 Å². The third kappa shape index (κ3) is 1.99. The first kappa shape index (κ1) is 11.9. The van der Waals surface area contributed by atoms with Crippen molar-refractivity contribution in [2.45, 2.75) is 0 Å². The van der Waals surface area contributed by atoms with Crippen molar-refractivity contribution in [1.82, 2.24) is 0 Å². The van der Waals surface area contributed by atoms with E-state index in [1.54, 1.807) is 24.3 Å². The molecular formula is C11H7ClN2O2S. The molecule has 17 heavy (non-hydrogen) atoms. The molecule has 0 atom stereocenters. The van der Waals surface area contributed by atoms with Gasteiger partial charge < -0.3 is 5.73 Å². The van der Waals surface area contributed by atoms with Crippen molar-refractivity contribution in [2.24, 2.45) is 5.73 Å². The van der Waals surface area contributed by atoms with Gasteiger partial charge in [0, 0.05) is 11.1 Å². The van der Waals surface area contributed by atoms with Gasteiger partial charge in [-0.1, -0.05) is 35.9 Å². The average Bonchev–Trinajstić information content (AvgIpc) is 2.31. The Morgan fingerprint density at radius 2 is 1.71 bits per heavy atom. The second-order valence-corrected chi connectivity index (χ2v) is 4.74. The molecule has 0 amide bonds. The summed E-state index contributed by atoms with van der Waals surface area (Å²) in [5, 5.41) is 6.69. The predicted molar refractivity (Wildman–Crippen MR) is 67.5 cm³/mol. The van der Waals surface area contributed by atoms with Gasteiger partial charge in [0.1, 0.15) is 5.03 Å². The lowest BCUT2D eigenvalue weighted by Crippen LogP contribution is -2.20. The smallest absolute Gasteiger partial charge is 0.206 e. The second-order valence-electron chi connectivity index (χ2n) is 3.31. The molecule has 0 radical (unpaired) electrons. The zero-order valence-corrected chi connectivity index (χ0v) is 10.1. The van der Waals surface area contributed by atoms with Gasteiger partial charge in [0.15, 0.2) is 5.17 Å². The van der Waals surface area contributed by atoms with Gasteiger partial charge in [-0.2, -0.15) is 0 Å². The summed E-state index contributed by atoms with van der Waals surface area (Å²) >= 11 is 6.53. The number of Topliss-reactive ketones (excluding diaryl/α,β-unsaturated/α-hetero) is 2. The molecule has 0 fully saturated rings. The summed E-state index contributed by atoms with van der Waals surface area (Å²) in [5.41, 5.74) is 5.79. The maximum atomic E-state index is 12.0. The van der Waals surface area contributed by atoms with E-state index in [9.17, 15) is 9.59 Å². The number of amidine groups is 1. The van der Waals surface area contributed by atoms with Crippen LogP contribution in [0, 0.1) is 5.41 Å². The van der Waals surface area contributed by atoms with Crippen LogP contribution in [0.4, 0.5) is 0 Å². The van der Waals surface area contributed by atoms with Crippen LogP contribution >= 0.6 is 23.4 Å². The van der Waals surface area contributed by atoms with Crippen LogP contribution in [0.3, 0.4) is 0 Å². The SMILES string of the molecule is N=C(N)SC1=C(Cl)C(=O)c2ccccc2C1=O. The highest BCUT2D eigenvalue weighted by molar-refractivity contribution is 8.17. The lowest BCUT2D eigenvalue weighted by Gasteiger charge is -2.16. The number of nitrogens with two attached hydrogens (primary N) is 1. The number of carbonyl (C=O) groups excluding carboxylic acids is 2. The summed E-state index contributed by atoms with van der Waals surface area (Å²) in [6.45, 7) is 0. The van der Waals surface area contributed by atoms with Crippen molar-refractivity contribution >= 4 is 40.1 Å². The molecule has 0 heterocycles. The Morgan fingerprint density at radius 3 is 2.24 bits per heavy atom. The molecule has 1 aromatic rings. The first-order valence-corrected chi connectivity index (χ1v) is 5.82. The molecule has 1 aliphatic carbocycles. The summed E-state index contributed by atoms with van der Waals surface area (Å²) < 4.78 is 0. The largest absolute Gasteiger partial charge is 0.378 e. The van der Waals surface area contributed by atoms with Gasteiger partial charge in [-0.3, -0.25) is 15.0 Å². The zero-order chi connectivity index (χ0) is 12.6.